The fourth-order valence-corrected chi connectivity index (χ4v) is 1.29. The van der Waals surface area contributed by atoms with Crippen molar-refractivity contribution in [1.82, 2.24) is 20.2 Å². The Labute approximate surface area is 97.0 Å². The fourth-order valence-electron chi connectivity index (χ4n) is 1.13. The van der Waals surface area contributed by atoms with Gasteiger partial charge in [0, 0.05) is 18.3 Å². The Bertz CT molecular complexity index is 459. The number of aromatic nitrogens is 4. The largest absolute Gasteiger partial charge is 0.467 e. The summed E-state index contributed by atoms with van der Waals surface area (Å²) in [6, 6.07) is 0.277. The summed E-state index contributed by atoms with van der Waals surface area (Å²) in [5, 5.41) is 10.1. The Hall–Kier alpha value is -1.82. The van der Waals surface area contributed by atoms with E-state index in [0.29, 0.717) is 17.4 Å². The van der Waals surface area contributed by atoms with Gasteiger partial charge in [-0.1, -0.05) is 11.6 Å². The molecule has 16 heavy (non-hydrogen) atoms. The van der Waals surface area contributed by atoms with E-state index in [1.54, 1.807) is 12.4 Å². The number of nitrogens with one attached hydrogen (secondary N) is 2. The quantitative estimate of drug-likeness (QED) is 0.845. The summed E-state index contributed by atoms with van der Waals surface area (Å²) in [6.07, 6.45) is 5.00. The van der Waals surface area contributed by atoms with Crippen LogP contribution in [0.3, 0.4) is 0 Å². The van der Waals surface area contributed by atoms with E-state index in [1.165, 1.54) is 13.3 Å². The maximum atomic E-state index is 5.93. The molecular formula is C9H10ClN5O. The first-order valence-electron chi connectivity index (χ1n) is 4.57. The second-order valence-corrected chi connectivity index (χ2v) is 3.42. The summed E-state index contributed by atoms with van der Waals surface area (Å²) in [5.41, 5.74) is 1.01. The van der Waals surface area contributed by atoms with Crippen LogP contribution in [-0.4, -0.2) is 27.3 Å². The summed E-state index contributed by atoms with van der Waals surface area (Å²) in [7, 11) is 1.50. The lowest BCUT2D eigenvalue weighted by molar-refractivity contribution is 0.380. The van der Waals surface area contributed by atoms with Gasteiger partial charge in [-0.2, -0.15) is 10.1 Å². The van der Waals surface area contributed by atoms with E-state index < -0.39 is 0 Å². The zero-order chi connectivity index (χ0) is 11.4. The van der Waals surface area contributed by atoms with Crippen LogP contribution in [-0.2, 0) is 6.54 Å². The summed E-state index contributed by atoms with van der Waals surface area (Å²) >= 11 is 5.93. The molecule has 0 saturated carbocycles. The highest BCUT2D eigenvalue weighted by molar-refractivity contribution is 6.32. The number of halogens is 1. The molecule has 0 aliphatic rings. The SMILES string of the molecule is COc1ncc(Cl)c(NCc2cn[nH]c2)n1. The van der Waals surface area contributed by atoms with E-state index in [-0.39, 0.29) is 6.01 Å². The maximum Gasteiger partial charge on any atom is 0.318 e. The molecule has 0 atom stereocenters. The normalized spacial score (nSPS) is 10.1. The van der Waals surface area contributed by atoms with E-state index in [9.17, 15) is 0 Å². The Morgan fingerprint density at radius 2 is 2.38 bits per heavy atom. The minimum Gasteiger partial charge on any atom is -0.467 e. The van der Waals surface area contributed by atoms with Crippen molar-refractivity contribution in [1.29, 1.82) is 0 Å². The molecule has 0 fully saturated rings. The maximum absolute atomic E-state index is 5.93. The Kier molecular flexibility index (Phi) is 3.21. The Balaban J connectivity index is 2.08. The van der Waals surface area contributed by atoms with Crippen LogP contribution in [0.4, 0.5) is 5.82 Å². The lowest BCUT2D eigenvalue weighted by Gasteiger charge is -2.06. The molecule has 0 aliphatic heterocycles. The number of rotatable bonds is 4. The van der Waals surface area contributed by atoms with Crippen molar-refractivity contribution in [2.24, 2.45) is 0 Å². The van der Waals surface area contributed by atoms with E-state index >= 15 is 0 Å². The highest BCUT2D eigenvalue weighted by Gasteiger charge is 2.05. The van der Waals surface area contributed by atoms with Crippen molar-refractivity contribution in [3.05, 3.63) is 29.2 Å². The van der Waals surface area contributed by atoms with Crippen LogP contribution in [0.25, 0.3) is 0 Å². The first kappa shape index (κ1) is 10.7. The second kappa shape index (κ2) is 4.80. The summed E-state index contributed by atoms with van der Waals surface area (Å²) in [6.45, 7) is 0.580. The third kappa shape index (κ3) is 2.40. The number of aromatic amines is 1. The molecule has 2 N–H and O–H groups in total. The first-order chi connectivity index (χ1) is 7.79. The summed E-state index contributed by atoms with van der Waals surface area (Å²) < 4.78 is 4.91. The number of hydrogen-bond donors (Lipinski definition) is 2. The summed E-state index contributed by atoms with van der Waals surface area (Å²) in [4.78, 5) is 7.96. The number of anilines is 1. The zero-order valence-corrected chi connectivity index (χ0v) is 9.32. The lowest BCUT2D eigenvalue weighted by atomic mass is 10.3. The minimum absolute atomic E-state index is 0.277. The van der Waals surface area contributed by atoms with Gasteiger partial charge in [-0.25, -0.2) is 4.98 Å². The zero-order valence-electron chi connectivity index (χ0n) is 8.57. The Morgan fingerprint density at radius 3 is 3.06 bits per heavy atom. The predicted octanol–water partition coefficient (Wildman–Crippen LogP) is 1.47. The number of methoxy groups -OCH3 is 1. The van der Waals surface area contributed by atoms with E-state index in [1.807, 2.05) is 0 Å². The topological polar surface area (TPSA) is 75.7 Å². The average Bonchev–Trinajstić information content (AvgIpc) is 2.81. The van der Waals surface area contributed by atoms with E-state index in [2.05, 4.69) is 25.5 Å². The molecule has 0 bridgehead atoms. The van der Waals surface area contributed by atoms with Gasteiger partial charge in [-0.05, 0) is 0 Å². The third-order valence-corrected chi connectivity index (χ3v) is 2.20. The highest BCUT2D eigenvalue weighted by Crippen LogP contribution is 2.20. The van der Waals surface area contributed by atoms with Gasteiger partial charge in [0.2, 0.25) is 0 Å². The van der Waals surface area contributed by atoms with E-state index in [4.69, 9.17) is 16.3 Å². The molecule has 0 amide bonds. The number of hydrogen-bond acceptors (Lipinski definition) is 5. The standard InChI is InChI=1S/C9H10ClN5O/c1-16-9-12-5-7(10)8(15-9)11-2-6-3-13-14-4-6/h3-5H,2H2,1H3,(H,13,14)(H,11,12,15). The molecule has 0 radical (unpaired) electrons. The van der Waals surface area contributed by atoms with Gasteiger partial charge in [0.15, 0.2) is 5.82 Å². The molecule has 0 spiro atoms. The third-order valence-electron chi connectivity index (χ3n) is 1.92. The molecule has 2 heterocycles. The first-order valence-corrected chi connectivity index (χ1v) is 4.95. The molecular weight excluding hydrogens is 230 g/mol. The minimum atomic E-state index is 0.277. The molecule has 6 nitrogen and oxygen atoms in total. The number of H-pyrrole nitrogens is 1. The van der Waals surface area contributed by atoms with Gasteiger partial charge in [-0.3, -0.25) is 5.10 Å². The van der Waals surface area contributed by atoms with Gasteiger partial charge >= 0.3 is 6.01 Å². The van der Waals surface area contributed by atoms with Gasteiger partial charge in [-0.15, -0.1) is 0 Å². The van der Waals surface area contributed by atoms with Crippen molar-refractivity contribution in [3.63, 3.8) is 0 Å². The van der Waals surface area contributed by atoms with Gasteiger partial charge in [0.25, 0.3) is 0 Å². The van der Waals surface area contributed by atoms with Crippen molar-refractivity contribution in [2.75, 3.05) is 12.4 Å². The van der Waals surface area contributed by atoms with Crippen molar-refractivity contribution in [3.8, 4) is 6.01 Å². The predicted molar refractivity (Wildman–Crippen MR) is 59.5 cm³/mol. The molecule has 2 aromatic heterocycles. The van der Waals surface area contributed by atoms with Crippen LogP contribution in [0.15, 0.2) is 18.6 Å². The number of ether oxygens (including phenoxy) is 1. The number of nitrogens with zero attached hydrogens (tertiary/aromatic N) is 3. The molecule has 84 valence electrons. The van der Waals surface area contributed by atoms with Crippen LogP contribution in [0.2, 0.25) is 5.02 Å². The monoisotopic (exact) mass is 239 g/mol. The molecule has 2 aromatic rings. The molecule has 0 aliphatic carbocycles. The van der Waals surface area contributed by atoms with Gasteiger partial charge in [0.05, 0.1) is 19.5 Å². The van der Waals surface area contributed by atoms with Crippen molar-refractivity contribution in [2.45, 2.75) is 6.54 Å². The average molecular weight is 240 g/mol. The van der Waals surface area contributed by atoms with Crippen molar-refractivity contribution >= 4 is 17.4 Å². The van der Waals surface area contributed by atoms with Crippen molar-refractivity contribution < 1.29 is 4.74 Å². The summed E-state index contributed by atoms with van der Waals surface area (Å²) in [5.74, 6) is 0.537. The Morgan fingerprint density at radius 1 is 1.50 bits per heavy atom. The van der Waals surface area contributed by atoms with Gasteiger partial charge < -0.3 is 10.1 Å². The molecule has 7 heteroatoms. The second-order valence-electron chi connectivity index (χ2n) is 3.01. The van der Waals surface area contributed by atoms with Crippen LogP contribution >= 0.6 is 11.6 Å². The molecule has 0 aromatic carbocycles. The molecule has 0 unspecified atom stereocenters. The smallest absolute Gasteiger partial charge is 0.318 e. The van der Waals surface area contributed by atoms with Crippen LogP contribution < -0.4 is 10.1 Å². The van der Waals surface area contributed by atoms with Crippen LogP contribution in [0.1, 0.15) is 5.56 Å². The molecule has 2 rings (SSSR count). The lowest BCUT2D eigenvalue weighted by Crippen LogP contribution is -2.03. The van der Waals surface area contributed by atoms with Crippen LogP contribution in [0, 0.1) is 0 Å². The fraction of sp³-hybridized carbons (Fsp3) is 0.222. The highest BCUT2D eigenvalue weighted by atomic mass is 35.5. The van der Waals surface area contributed by atoms with E-state index in [0.717, 1.165) is 5.56 Å². The van der Waals surface area contributed by atoms with Gasteiger partial charge in [0.1, 0.15) is 5.02 Å². The van der Waals surface area contributed by atoms with Crippen LogP contribution in [0.5, 0.6) is 6.01 Å². The molecule has 0 saturated heterocycles.